The van der Waals surface area contributed by atoms with Gasteiger partial charge in [-0.1, -0.05) is 47.0 Å². The average Bonchev–Trinajstić information content (AvgIpc) is 3.06. The zero-order valence-electron chi connectivity index (χ0n) is 20.9. The topological polar surface area (TPSA) is 15.3 Å². The molecular formula is C26H50N2Si. The monoisotopic (exact) mass is 418 g/mol. The first kappa shape index (κ1) is 22.3. The minimum atomic E-state index is -1.71. The second kappa shape index (κ2) is 7.62. The van der Waals surface area contributed by atoms with Crippen LogP contribution in [-0.2, 0) is 0 Å². The van der Waals surface area contributed by atoms with Gasteiger partial charge < -0.3 is 9.55 Å². The van der Waals surface area contributed by atoms with Crippen LogP contribution in [0.1, 0.15) is 99.3 Å². The van der Waals surface area contributed by atoms with Crippen molar-refractivity contribution in [1.82, 2.24) is 9.55 Å². The molecule has 7 unspecified atom stereocenters. The Hall–Kier alpha value is 0.137. The largest absolute Gasteiger partial charge is 0.321 e. The first-order valence-electron chi connectivity index (χ1n) is 13.0. The lowest BCUT2D eigenvalue weighted by Gasteiger charge is -2.50. The van der Waals surface area contributed by atoms with Crippen LogP contribution >= 0.6 is 0 Å². The molecular weight excluding hydrogens is 368 g/mol. The zero-order valence-corrected chi connectivity index (χ0v) is 21.9. The normalized spacial score (nSPS) is 41.2. The van der Waals surface area contributed by atoms with Crippen molar-refractivity contribution in [3.63, 3.8) is 0 Å². The Labute approximate surface area is 183 Å². The lowest BCUT2D eigenvalue weighted by molar-refractivity contribution is 0.137. The Kier molecular flexibility index (Phi) is 5.87. The molecule has 0 aromatic rings. The van der Waals surface area contributed by atoms with Crippen LogP contribution in [-0.4, -0.2) is 30.6 Å². The van der Waals surface area contributed by atoms with Gasteiger partial charge in [0.15, 0.2) is 8.40 Å². The van der Waals surface area contributed by atoms with Gasteiger partial charge in [0.25, 0.3) is 0 Å². The number of nitrogens with zero attached hydrogens (tertiary/aromatic N) is 1. The second-order valence-corrected chi connectivity index (χ2v) is 17.8. The van der Waals surface area contributed by atoms with Crippen molar-refractivity contribution in [2.75, 3.05) is 0 Å². The third kappa shape index (κ3) is 4.39. The van der Waals surface area contributed by atoms with Crippen molar-refractivity contribution in [2.45, 2.75) is 130 Å². The molecule has 1 heterocycles. The van der Waals surface area contributed by atoms with Gasteiger partial charge in [-0.3, -0.25) is 0 Å². The van der Waals surface area contributed by atoms with Crippen LogP contribution in [0.2, 0.25) is 13.1 Å². The fraction of sp³-hybridized carbons (Fsp3) is 1.00. The summed E-state index contributed by atoms with van der Waals surface area (Å²) in [7, 11) is -1.71. The maximum atomic E-state index is 4.35. The summed E-state index contributed by atoms with van der Waals surface area (Å²) in [5, 5.41) is 0. The Morgan fingerprint density at radius 2 is 1.55 bits per heavy atom. The molecule has 1 aliphatic heterocycles. The Bertz CT molecular complexity index is 592. The van der Waals surface area contributed by atoms with E-state index < -0.39 is 8.40 Å². The van der Waals surface area contributed by atoms with Crippen molar-refractivity contribution in [2.24, 2.45) is 35.0 Å². The molecule has 0 amide bonds. The van der Waals surface area contributed by atoms with E-state index in [2.05, 4.69) is 64.2 Å². The highest BCUT2D eigenvalue weighted by Gasteiger charge is 2.61. The standard InChI is InChI=1S/C26H50N2Si/c1-18-13-14-23-21(15-18)22-16-19-11-9-10-12-20(19)24(22)28(23)29(7,8)27-26(5,6)17-25(2,3)4/h18-24,27H,9-17H2,1-8H3. The van der Waals surface area contributed by atoms with E-state index >= 15 is 0 Å². The first-order chi connectivity index (χ1) is 13.4. The van der Waals surface area contributed by atoms with Crippen molar-refractivity contribution in [1.29, 1.82) is 0 Å². The molecule has 0 radical (unpaired) electrons. The van der Waals surface area contributed by atoms with Gasteiger partial charge in [-0.05, 0) is 100 Å². The summed E-state index contributed by atoms with van der Waals surface area (Å²) in [5.74, 6) is 5.01. The maximum absolute atomic E-state index is 4.35. The van der Waals surface area contributed by atoms with Crippen LogP contribution in [0.3, 0.4) is 0 Å². The highest BCUT2D eigenvalue weighted by Crippen LogP contribution is 2.59. The second-order valence-electron chi connectivity index (χ2n) is 14.0. The summed E-state index contributed by atoms with van der Waals surface area (Å²) in [6, 6.07) is 1.78. The van der Waals surface area contributed by atoms with Crippen LogP contribution < -0.4 is 4.98 Å². The van der Waals surface area contributed by atoms with Crippen molar-refractivity contribution in [3.05, 3.63) is 0 Å². The van der Waals surface area contributed by atoms with Crippen LogP contribution in [0.4, 0.5) is 0 Å². The van der Waals surface area contributed by atoms with E-state index in [0.717, 1.165) is 41.7 Å². The molecule has 29 heavy (non-hydrogen) atoms. The van der Waals surface area contributed by atoms with E-state index in [1.54, 1.807) is 6.42 Å². The molecule has 3 aliphatic carbocycles. The minimum Gasteiger partial charge on any atom is -0.321 e. The summed E-state index contributed by atoms with van der Waals surface area (Å²) in [5.41, 5.74) is 0.591. The van der Waals surface area contributed by atoms with Crippen LogP contribution in [0.15, 0.2) is 0 Å². The van der Waals surface area contributed by atoms with E-state index in [0.29, 0.717) is 5.41 Å². The molecule has 0 spiro atoms. The van der Waals surface area contributed by atoms with Gasteiger partial charge in [0.1, 0.15) is 0 Å². The zero-order chi connectivity index (χ0) is 21.2. The number of nitrogens with one attached hydrogen (secondary N) is 1. The molecule has 3 heteroatoms. The van der Waals surface area contributed by atoms with Crippen molar-refractivity contribution in [3.8, 4) is 0 Å². The number of rotatable bonds is 4. The van der Waals surface area contributed by atoms with E-state index in [-0.39, 0.29) is 5.54 Å². The fourth-order valence-electron chi connectivity index (χ4n) is 9.11. The predicted molar refractivity (Wildman–Crippen MR) is 128 cm³/mol. The Morgan fingerprint density at radius 1 is 0.862 bits per heavy atom. The lowest BCUT2D eigenvalue weighted by atomic mass is 9.74. The molecule has 0 bridgehead atoms. The minimum absolute atomic E-state index is 0.216. The Morgan fingerprint density at radius 3 is 2.24 bits per heavy atom. The number of hydrogen-bond donors (Lipinski definition) is 1. The molecule has 0 aromatic carbocycles. The third-order valence-corrected chi connectivity index (χ3v) is 12.2. The summed E-state index contributed by atoms with van der Waals surface area (Å²) in [4.78, 5) is 4.35. The van der Waals surface area contributed by atoms with Crippen LogP contribution in [0.5, 0.6) is 0 Å². The Balaban J connectivity index is 1.62. The van der Waals surface area contributed by atoms with E-state index in [9.17, 15) is 0 Å². The molecule has 168 valence electrons. The van der Waals surface area contributed by atoms with E-state index in [1.165, 1.54) is 51.4 Å². The summed E-state index contributed by atoms with van der Waals surface area (Å²) in [6.07, 6.45) is 13.3. The summed E-state index contributed by atoms with van der Waals surface area (Å²) < 4.78 is 3.22. The predicted octanol–water partition coefficient (Wildman–Crippen LogP) is 6.81. The third-order valence-electron chi connectivity index (χ3n) is 9.03. The van der Waals surface area contributed by atoms with Gasteiger partial charge in [0.2, 0.25) is 0 Å². The SMILES string of the molecule is CC1CCC2C(C1)C1CC3CCCCC3C1N2[Si](C)(C)NC(C)(C)CC(C)(C)C. The van der Waals surface area contributed by atoms with E-state index in [4.69, 9.17) is 0 Å². The average molecular weight is 419 g/mol. The maximum Gasteiger partial charge on any atom is 0.198 e. The highest BCUT2D eigenvalue weighted by atomic mass is 28.3. The lowest BCUT2D eigenvalue weighted by Crippen LogP contribution is -2.70. The quantitative estimate of drug-likeness (QED) is 0.504. The van der Waals surface area contributed by atoms with Gasteiger partial charge in [-0.15, -0.1) is 0 Å². The molecule has 1 saturated heterocycles. The molecule has 0 aromatic heterocycles. The molecule has 4 fully saturated rings. The van der Waals surface area contributed by atoms with Gasteiger partial charge in [0.05, 0.1) is 0 Å². The van der Waals surface area contributed by atoms with Gasteiger partial charge in [-0.2, -0.15) is 0 Å². The molecule has 7 atom stereocenters. The van der Waals surface area contributed by atoms with Gasteiger partial charge in [-0.25, -0.2) is 0 Å². The van der Waals surface area contributed by atoms with Gasteiger partial charge >= 0.3 is 0 Å². The number of hydrogen-bond acceptors (Lipinski definition) is 2. The smallest absolute Gasteiger partial charge is 0.198 e. The van der Waals surface area contributed by atoms with Crippen molar-refractivity contribution >= 4 is 8.40 Å². The van der Waals surface area contributed by atoms with Crippen LogP contribution in [0, 0.1) is 35.0 Å². The fourth-order valence-corrected chi connectivity index (χ4v) is 13.3. The molecule has 2 nitrogen and oxygen atoms in total. The molecule has 1 N–H and O–H groups in total. The summed E-state index contributed by atoms with van der Waals surface area (Å²) in [6.45, 7) is 20.0. The van der Waals surface area contributed by atoms with E-state index in [1.807, 2.05) is 0 Å². The molecule has 4 rings (SSSR count). The first-order valence-corrected chi connectivity index (χ1v) is 15.9. The highest BCUT2D eigenvalue weighted by molar-refractivity contribution is 6.72. The van der Waals surface area contributed by atoms with Crippen molar-refractivity contribution < 1.29 is 0 Å². The number of fused-ring (bicyclic) bond motifs is 5. The molecule has 3 saturated carbocycles. The molecule has 4 aliphatic rings. The van der Waals surface area contributed by atoms with Crippen LogP contribution in [0.25, 0.3) is 0 Å². The summed E-state index contributed by atoms with van der Waals surface area (Å²) >= 11 is 0. The van der Waals surface area contributed by atoms with Gasteiger partial charge in [0, 0.05) is 17.6 Å².